The van der Waals surface area contributed by atoms with Crippen molar-refractivity contribution in [1.29, 1.82) is 0 Å². The highest BCUT2D eigenvalue weighted by Gasteiger charge is 2.10. The van der Waals surface area contributed by atoms with E-state index in [1.165, 1.54) is 32.1 Å². The first kappa shape index (κ1) is 12.6. The number of nitrogens with zero attached hydrogens (tertiary/aromatic N) is 2. The number of hydrogen-bond acceptors (Lipinski definition) is 3. The second kappa shape index (κ2) is 6.79. The van der Waals surface area contributed by atoms with E-state index in [-0.39, 0.29) is 5.75 Å². The van der Waals surface area contributed by atoms with Crippen LogP contribution in [0.25, 0.3) is 0 Å². The normalized spacial score (nSPS) is 17.6. The minimum atomic E-state index is 0.229. The first-order valence-electron chi connectivity index (χ1n) is 6.44. The highest BCUT2D eigenvalue weighted by molar-refractivity contribution is 5.83. The molecular formula is C14H19N3O. The molecule has 0 bridgehead atoms. The van der Waals surface area contributed by atoms with Crippen LogP contribution in [0.2, 0.25) is 0 Å². The Morgan fingerprint density at radius 1 is 1.17 bits per heavy atom. The zero-order valence-electron chi connectivity index (χ0n) is 10.4. The number of hydrazone groups is 1. The number of nitrogens with one attached hydrogen (secondary N) is 1. The Labute approximate surface area is 107 Å². The second-order valence-electron chi connectivity index (χ2n) is 4.52. The molecule has 1 aromatic rings. The molecule has 0 unspecified atom stereocenters. The van der Waals surface area contributed by atoms with Gasteiger partial charge in [-0.25, -0.2) is 0 Å². The molecule has 0 saturated heterocycles. The summed E-state index contributed by atoms with van der Waals surface area (Å²) in [6.07, 6.45) is 9.49. The highest BCUT2D eigenvalue weighted by atomic mass is 16.3. The van der Waals surface area contributed by atoms with Crippen LogP contribution < -0.4 is 5.43 Å². The van der Waals surface area contributed by atoms with Gasteiger partial charge in [-0.3, -0.25) is 10.4 Å². The third-order valence-electron chi connectivity index (χ3n) is 3.13. The summed E-state index contributed by atoms with van der Waals surface area (Å²) < 4.78 is 0. The number of phenols is 1. The zero-order valence-corrected chi connectivity index (χ0v) is 10.4. The lowest BCUT2D eigenvalue weighted by molar-refractivity contribution is 0.443. The summed E-state index contributed by atoms with van der Waals surface area (Å²) >= 11 is 0. The van der Waals surface area contributed by atoms with Gasteiger partial charge in [-0.15, -0.1) is 0 Å². The molecule has 18 heavy (non-hydrogen) atoms. The molecule has 96 valence electrons. The van der Waals surface area contributed by atoms with Crippen LogP contribution in [0.5, 0.6) is 5.75 Å². The van der Waals surface area contributed by atoms with Gasteiger partial charge in [0.15, 0.2) is 0 Å². The van der Waals surface area contributed by atoms with Crippen molar-refractivity contribution < 1.29 is 5.11 Å². The molecule has 2 N–H and O–H groups in total. The standard InChI is InChI=1S/C14H19N3O/c18-14-9-5-4-6-12(14)10-16-17-11-15-13-7-2-1-3-8-13/h4-6,9-11,13,18H,1-3,7-8H2,(H,15,17)/b16-10+. The maximum atomic E-state index is 9.52. The molecule has 0 atom stereocenters. The molecular weight excluding hydrogens is 226 g/mol. The van der Waals surface area contributed by atoms with Crippen molar-refractivity contribution in [3.05, 3.63) is 29.8 Å². The van der Waals surface area contributed by atoms with Crippen LogP contribution in [0.4, 0.5) is 0 Å². The summed E-state index contributed by atoms with van der Waals surface area (Å²) in [6, 6.07) is 7.53. The van der Waals surface area contributed by atoms with E-state index >= 15 is 0 Å². The van der Waals surface area contributed by atoms with Gasteiger partial charge < -0.3 is 5.11 Å². The van der Waals surface area contributed by atoms with Crippen LogP contribution in [0.1, 0.15) is 37.7 Å². The Morgan fingerprint density at radius 2 is 1.94 bits per heavy atom. The lowest BCUT2D eigenvalue weighted by Gasteiger charge is -2.16. The summed E-state index contributed by atoms with van der Waals surface area (Å²) in [5, 5.41) is 13.5. The van der Waals surface area contributed by atoms with E-state index in [0.717, 1.165) is 0 Å². The molecule has 4 nitrogen and oxygen atoms in total. The van der Waals surface area contributed by atoms with Crippen molar-refractivity contribution in [2.24, 2.45) is 10.1 Å². The largest absolute Gasteiger partial charge is 0.507 e. The van der Waals surface area contributed by atoms with Crippen molar-refractivity contribution in [2.45, 2.75) is 38.1 Å². The lowest BCUT2D eigenvalue weighted by Crippen LogP contribution is -2.12. The van der Waals surface area contributed by atoms with Crippen molar-refractivity contribution in [3.8, 4) is 5.75 Å². The predicted molar refractivity (Wildman–Crippen MR) is 74.2 cm³/mol. The number of rotatable bonds is 4. The number of benzene rings is 1. The topological polar surface area (TPSA) is 57.0 Å². The highest BCUT2D eigenvalue weighted by Crippen LogP contribution is 2.19. The van der Waals surface area contributed by atoms with E-state index in [4.69, 9.17) is 0 Å². The minimum absolute atomic E-state index is 0.229. The monoisotopic (exact) mass is 245 g/mol. The molecule has 4 heteroatoms. The van der Waals surface area contributed by atoms with Crippen LogP contribution in [-0.2, 0) is 0 Å². The Kier molecular flexibility index (Phi) is 4.76. The average Bonchev–Trinajstić information content (AvgIpc) is 2.42. The van der Waals surface area contributed by atoms with Crippen molar-refractivity contribution in [1.82, 2.24) is 5.43 Å². The maximum Gasteiger partial charge on any atom is 0.124 e. The minimum Gasteiger partial charge on any atom is -0.507 e. The number of para-hydroxylation sites is 1. The molecule has 1 aromatic carbocycles. The number of aliphatic imine (C=N–C) groups is 1. The quantitative estimate of drug-likeness (QED) is 0.487. The number of hydrogen-bond donors (Lipinski definition) is 2. The fourth-order valence-corrected chi connectivity index (χ4v) is 2.11. The lowest BCUT2D eigenvalue weighted by atomic mass is 9.96. The smallest absolute Gasteiger partial charge is 0.124 e. The van der Waals surface area contributed by atoms with Gasteiger partial charge in [-0.05, 0) is 25.0 Å². The SMILES string of the molecule is Oc1ccccc1/C=N/NC=NC1CCCCC1. The Balaban J connectivity index is 1.77. The van der Waals surface area contributed by atoms with E-state index in [2.05, 4.69) is 15.5 Å². The summed E-state index contributed by atoms with van der Waals surface area (Å²) in [6.45, 7) is 0. The van der Waals surface area contributed by atoms with E-state index in [1.807, 2.05) is 6.07 Å². The molecule has 2 rings (SSSR count). The number of phenolic OH excluding ortho intramolecular Hbond substituents is 1. The second-order valence-corrected chi connectivity index (χ2v) is 4.52. The van der Waals surface area contributed by atoms with Crippen LogP contribution in [0, 0.1) is 0 Å². The summed E-state index contributed by atoms with van der Waals surface area (Å²) in [5.41, 5.74) is 3.47. The third-order valence-corrected chi connectivity index (χ3v) is 3.13. The summed E-state index contributed by atoms with van der Waals surface area (Å²) in [5.74, 6) is 0.229. The van der Waals surface area contributed by atoms with Crippen LogP contribution >= 0.6 is 0 Å². The van der Waals surface area contributed by atoms with Crippen LogP contribution in [0.15, 0.2) is 34.4 Å². The molecule has 1 aliphatic rings. The van der Waals surface area contributed by atoms with Crippen molar-refractivity contribution >= 4 is 12.6 Å². The molecule has 1 saturated carbocycles. The molecule has 0 aliphatic heterocycles. The third kappa shape index (κ3) is 3.87. The van der Waals surface area contributed by atoms with Crippen molar-refractivity contribution in [2.75, 3.05) is 0 Å². The molecule has 0 radical (unpaired) electrons. The molecule has 0 amide bonds. The van der Waals surface area contributed by atoms with Crippen molar-refractivity contribution in [3.63, 3.8) is 0 Å². The van der Waals surface area contributed by atoms with E-state index in [9.17, 15) is 5.11 Å². The predicted octanol–water partition coefficient (Wildman–Crippen LogP) is 2.68. The van der Waals surface area contributed by atoms with E-state index in [1.54, 1.807) is 30.8 Å². The average molecular weight is 245 g/mol. The van der Waals surface area contributed by atoms with Crippen LogP contribution in [-0.4, -0.2) is 23.7 Å². The molecule has 0 heterocycles. The Hall–Kier alpha value is -1.84. The molecule has 1 fully saturated rings. The van der Waals surface area contributed by atoms with Gasteiger partial charge in [0.2, 0.25) is 0 Å². The van der Waals surface area contributed by atoms with Gasteiger partial charge in [0.1, 0.15) is 12.1 Å². The fourth-order valence-electron chi connectivity index (χ4n) is 2.11. The fraction of sp³-hybridized carbons (Fsp3) is 0.429. The zero-order chi connectivity index (χ0) is 12.6. The first-order valence-corrected chi connectivity index (χ1v) is 6.44. The molecule has 1 aliphatic carbocycles. The van der Waals surface area contributed by atoms with Gasteiger partial charge in [-0.2, -0.15) is 5.10 Å². The number of aromatic hydroxyl groups is 1. The van der Waals surface area contributed by atoms with Gasteiger partial charge in [0, 0.05) is 5.56 Å². The van der Waals surface area contributed by atoms with Gasteiger partial charge in [-0.1, -0.05) is 31.4 Å². The van der Waals surface area contributed by atoms with E-state index < -0.39 is 0 Å². The van der Waals surface area contributed by atoms with Gasteiger partial charge >= 0.3 is 0 Å². The van der Waals surface area contributed by atoms with E-state index in [0.29, 0.717) is 11.6 Å². The van der Waals surface area contributed by atoms with Crippen LogP contribution in [0.3, 0.4) is 0 Å². The molecule has 0 aromatic heterocycles. The van der Waals surface area contributed by atoms with Gasteiger partial charge in [0.05, 0.1) is 12.3 Å². The van der Waals surface area contributed by atoms with Gasteiger partial charge in [0.25, 0.3) is 0 Å². The summed E-state index contributed by atoms with van der Waals surface area (Å²) in [4.78, 5) is 4.42. The maximum absolute atomic E-state index is 9.52. The summed E-state index contributed by atoms with van der Waals surface area (Å²) in [7, 11) is 0. The Bertz CT molecular complexity index is 423. The Morgan fingerprint density at radius 3 is 2.72 bits per heavy atom. The first-order chi connectivity index (χ1) is 8.86. The molecule has 0 spiro atoms.